The quantitative estimate of drug-likeness (QED) is 0.842. The summed E-state index contributed by atoms with van der Waals surface area (Å²) < 4.78 is 10.5. The van der Waals surface area contributed by atoms with Gasteiger partial charge in [-0.3, -0.25) is 0 Å². The standard InChI is InChI=1S/C16H21NO4/c18-15(9-13-11-20-13)14-7-4-8-17(14)16(19)21-10-12-5-2-1-3-6-12/h1-3,5-6,13-15,18H,4,7-11H2/t13?,14-,15+/m0/s1. The number of hydrogen-bond acceptors (Lipinski definition) is 4. The van der Waals surface area contributed by atoms with Crippen LogP contribution in [-0.4, -0.2) is 47.5 Å². The average molecular weight is 291 g/mol. The van der Waals surface area contributed by atoms with E-state index in [1.165, 1.54) is 0 Å². The third kappa shape index (κ3) is 3.74. The van der Waals surface area contributed by atoms with Gasteiger partial charge in [0.05, 0.1) is 24.9 Å². The Labute approximate surface area is 124 Å². The van der Waals surface area contributed by atoms with Crippen molar-refractivity contribution in [2.75, 3.05) is 13.2 Å². The van der Waals surface area contributed by atoms with E-state index in [4.69, 9.17) is 9.47 Å². The Morgan fingerprint density at radius 1 is 1.43 bits per heavy atom. The molecule has 2 aliphatic rings. The molecular formula is C16H21NO4. The van der Waals surface area contributed by atoms with E-state index in [1.54, 1.807) is 4.90 Å². The van der Waals surface area contributed by atoms with Gasteiger partial charge in [0, 0.05) is 13.0 Å². The number of hydrogen-bond donors (Lipinski definition) is 1. The van der Waals surface area contributed by atoms with E-state index < -0.39 is 6.10 Å². The lowest BCUT2D eigenvalue weighted by molar-refractivity contribution is 0.0414. The molecule has 114 valence electrons. The SMILES string of the molecule is O=C(OCc1ccccc1)N1CCC[C@H]1[C@H](O)CC1CO1. The number of carbonyl (C=O) groups is 1. The van der Waals surface area contributed by atoms with Crippen LogP contribution < -0.4 is 0 Å². The van der Waals surface area contributed by atoms with Crippen LogP contribution in [0.2, 0.25) is 0 Å². The molecule has 5 nitrogen and oxygen atoms in total. The van der Waals surface area contributed by atoms with Gasteiger partial charge in [-0.15, -0.1) is 0 Å². The predicted molar refractivity (Wildman–Crippen MR) is 76.7 cm³/mol. The van der Waals surface area contributed by atoms with Crippen molar-refractivity contribution < 1.29 is 19.4 Å². The first-order valence-corrected chi connectivity index (χ1v) is 7.51. The van der Waals surface area contributed by atoms with Crippen LogP contribution in [-0.2, 0) is 16.1 Å². The van der Waals surface area contributed by atoms with Gasteiger partial charge in [0.25, 0.3) is 0 Å². The molecule has 1 unspecified atom stereocenters. The van der Waals surface area contributed by atoms with E-state index in [9.17, 15) is 9.90 Å². The molecule has 3 atom stereocenters. The van der Waals surface area contributed by atoms with Gasteiger partial charge in [-0.2, -0.15) is 0 Å². The Morgan fingerprint density at radius 2 is 2.19 bits per heavy atom. The molecule has 1 amide bonds. The summed E-state index contributed by atoms with van der Waals surface area (Å²) in [6.07, 6.45) is 1.65. The van der Waals surface area contributed by atoms with Gasteiger partial charge in [0.1, 0.15) is 6.61 Å². The maximum atomic E-state index is 12.2. The molecule has 1 aromatic rings. The minimum absolute atomic E-state index is 0.141. The molecule has 2 aliphatic heterocycles. The van der Waals surface area contributed by atoms with Gasteiger partial charge in [0.2, 0.25) is 0 Å². The first kappa shape index (κ1) is 14.4. The molecule has 0 bridgehead atoms. The third-order valence-electron chi connectivity index (χ3n) is 4.09. The summed E-state index contributed by atoms with van der Waals surface area (Å²) in [5, 5.41) is 10.2. The van der Waals surface area contributed by atoms with Crippen LogP contribution in [0.25, 0.3) is 0 Å². The summed E-state index contributed by atoms with van der Waals surface area (Å²) >= 11 is 0. The van der Waals surface area contributed by atoms with Crippen LogP contribution in [0, 0.1) is 0 Å². The average Bonchev–Trinajstić information content (AvgIpc) is 3.18. The predicted octanol–water partition coefficient (Wildman–Crippen LogP) is 1.94. The van der Waals surface area contributed by atoms with Crippen LogP contribution in [0.3, 0.4) is 0 Å². The maximum Gasteiger partial charge on any atom is 0.410 e. The molecule has 0 spiro atoms. The Morgan fingerprint density at radius 3 is 2.90 bits per heavy atom. The Balaban J connectivity index is 1.52. The Bertz CT molecular complexity index is 474. The van der Waals surface area contributed by atoms with E-state index in [2.05, 4.69) is 0 Å². The summed E-state index contributed by atoms with van der Waals surface area (Å²) in [6.45, 7) is 1.65. The van der Waals surface area contributed by atoms with Crippen LogP contribution in [0.15, 0.2) is 30.3 Å². The summed E-state index contributed by atoms with van der Waals surface area (Å²) in [5.41, 5.74) is 0.966. The second-order valence-electron chi connectivity index (χ2n) is 5.70. The fourth-order valence-corrected chi connectivity index (χ4v) is 2.85. The fraction of sp³-hybridized carbons (Fsp3) is 0.562. The first-order chi connectivity index (χ1) is 10.2. The number of aliphatic hydroxyl groups excluding tert-OH is 1. The third-order valence-corrected chi connectivity index (χ3v) is 4.09. The minimum Gasteiger partial charge on any atom is -0.445 e. The van der Waals surface area contributed by atoms with Crippen molar-refractivity contribution in [1.29, 1.82) is 0 Å². The fourth-order valence-electron chi connectivity index (χ4n) is 2.85. The molecule has 1 N–H and O–H groups in total. The van der Waals surface area contributed by atoms with Crippen molar-refractivity contribution in [3.63, 3.8) is 0 Å². The molecule has 0 aromatic heterocycles. The van der Waals surface area contributed by atoms with Crippen molar-refractivity contribution in [1.82, 2.24) is 4.90 Å². The first-order valence-electron chi connectivity index (χ1n) is 7.51. The van der Waals surface area contributed by atoms with Gasteiger partial charge < -0.3 is 19.5 Å². The molecular weight excluding hydrogens is 270 g/mol. The van der Waals surface area contributed by atoms with Crippen LogP contribution in [0.4, 0.5) is 4.79 Å². The number of epoxide rings is 1. The maximum absolute atomic E-state index is 12.2. The van der Waals surface area contributed by atoms with E-state index in [-0.39, 0.29) is 24.8 Å². The lowest BCUT2D eigenvalue weighted by atomic mass is 10.0. The van der Waals surface area contributed by atoms with E-state index >= 15 is 0 Å². The number of rotatable bonds is 5. The van der Waals surface area contributed by atoms with Crippen LogP contribution in [0.1, 0.15) is 24.8 Å². The number of nitrogens with zero attached hydrogens (tertiary/aromatic N) is 1. The summed E-state index contributed by atoms with van der Waals surface area (Å²) in [7, 11) is 0. The molecule has 21 heavy (non-hydrogen) atoms. The van der Waals surface area contributed by atoms with Gasteiger partial charge in [-0.25, -0.2) is 4.79 Å². The van der Waals surface area contributed by atoms with Gasteiger partial charge in [-0.05, 0) is 18.4 Å². The van der Waals surface area contributed by atoms with Crippen LogP contribution >= 0.6 is 0 Å². The summed E-state index contributed by atoms with van der Waals surface area (Å²) in [6, 6.07) is 9.47. The van der Waals surface area contributed by atoms with Crippen molar-refractivity contribution in [2.45, 2.75) is 44.1 Å². The molecule has 0 saturated carbocycles. The van der Waals surface area contributed by atoms with Crippen LogP contribution in [0.5, 0.6) is 0 Å². The molecule has 2 fully saturated rings. The van der Waals surface area contributed by atoms with Crippen molar-refractivity contribution in [2.24, 2.45) is 0 Å². The minimum atomic E-state index is -0.524. The van der Waals surface area contributed by atoms with Gasteiger partial charge in [-0.1, -0.05) is 30.3 Å². The Kier molecular flexibility index (Phi) is 4.41. The molecule has 2 heterocycles. The zero-order valence-corrected chi connectivity index (χ0v) is 12.0. The second kappa shape index (κ2) is 6.45. The number of carbonyl (C=O) groups excluding carboxylic acids is 1. The number of amides is 1. The smallest absolute Gasteiger partial charge is 0.410 e. The highest BCUT2D eigenvalue weighted by molar-refractivity contribution is 5.68. The highest BCUT2D eigenvalue weighted by atomic mass is 16.6. The number of likely N-dealkylation sites (tertiary alicyclic amines) is 1. The lowest BCUT2D eigenvalue weighted by Crippen LogP contribution is -2.43. The van der Waals surface area contributed by atoms with Crippen molar-refractivity contribution in [3.05, 3.63) is 35.9 Å². The van der Waals surface area contributed by atoms with E-state index in [0.29, 0.717) is 13.0 Å². The van der Waals surface area contributed by atoms with Gasteiger partial charge >= 0.3 is 6.09 Å². The number of aliphatic hydroxyl groups is 1. The number of benzene rings is 1. The normalized spacial score (nSPS) is 25.7. The monoisotopic (exact) mass is 291 g/mol. The summed E-state index contributed by atoms with van der Waals surface area (Å²) in [5.74, 6) is 0. The largest absolute Gasteiger partial charge is 0.445 e. The Hall–Kier alpha value is -1.59. The molecule has 2 saturated heterocycles. The molecule has 1 aromatic carbocycles. The zero-order valence-electron chi connectivity index (χ0n) is 12.0. The molecule has 0 radical (unpaired) electrons. The van der Waals surface area contributed by atoms with Crippen molar-refractivity contribution >= 4 is 6.09 Å². The van der Waals surface area contributed by atoms with Gasteiger partial charge in [0.15, 0.2) is 0 Å². The molecule has 5 heteroatoms. The highest BCUT2D eigenvalue weighted by Crippen LogP contribution is 2.26. The summed E-state index contributed by atoms with van der Waals surface area (Å²) in [4.78, 5) is 13.9. The second-order valence-corrected chi connectivity index (χ2v) is 5.70. The number of ether oxygens (including phenoxy) is 2. The lowest BCUT2D eigenvalue weighted by Gasteiger charge is -2.27. The zero-order chi connectivity index (χ0) is 14.7. The topological polar surface area (TPSA) is 62.3 Å². The highest BCUT2D eigenvalue weighted by Gasteiger charge is 2.38. The molecule has 0 aliphatic carbocycles. The van der Waals surface area contributed by atoms with E-state index in [0.717, 1.165) is 25.0 Å². The van der Waals surface area contributed by atoms with Crippen molar-refractivity contribution in [3.8, 4) is 0 Å². The molecule has 3 rings (SSSR count). The van der Waals surface area contributed by atoms with E-state index in [1.807, 2.05) is 30.3 Å².